The Bertz CT molecular complexity index is 1400. The molecule has 1 amide bonds. The molecule has 0 radical (unpaired) electrons. The van der Waals surface area contributed by atoms with Crippen molar-refractivity contribution < 1.29 is 18.4 Å². The number of hydrogen-bond acceptors (Lipinski definition) is 5. The Morgan fingerprint density at radius 3 is 2.45 bits per heavy atom. The summed E-state index contributed by atoms with van der Waals surface area (Å²) < 4.78 is 28.9. The van der Waals surface area contributed by atoms with Gasteiger partial charge < -0.3 is 4.90 Å². The van der Waals surface area contributed by atoms with Crippen molar-refractivity contribution >= 4 is 22.7 Å². The molecule has 1 saturated carbocycles. The predicted molar refractivity (Wildman–Crippen MR) is 114 cm³/mol. The van der Waals surface area contributed by atoms with E-state index in [-0.39, 0.29) is 47.2 Å². The van der Waals surface area contributed by atoms with Gasteiger partial charge in [0.25, 0.3) is 11.5 Å². The molecule has 1 aliphatic carbocycles. The van der Waals surface area contributed by atoms with Crippen LogP contribution in [0.15, 0.2) is 40.1 Å². The van der Waals surface area contributed by atoms with Gasteiger partial charge in [0.05, 0.1) is 16.5 Å². The van der Waals surface area contributed by atoms with Crippen LogP contribution in [0, 0.1) is 17.6 Å². The van der Waals surface area contributed by atoms with E-state index in [4.69, 9.17) is 0 Å². The lowest BCUT2D eigenvalue weighted by Gasteiger charge is -2.31. The minimum Gasteiger partial charge on any atom is -0.339 e. The topological polar surface area (TPSA) is 105 Å². The molecule has 0 unspecified atom stereocenters. The Morgan fingerprint density at radius 1 is 1.03 bits per heavy atom. The zero-order chi connectivity index (χ0) is 23.3. The highest BCUT2D eigenvalue weighted by atomic mass is 19.1. The van der Waals surface area contributed by atoms with Crippen molar-refractivity contribution in [1.29, 1.82) is 0 Å². The van der Waals surface area contributed by atoms with Gasteiger partial charge in [-0.25, -0.2) is 18.6 Å². The molecule has 33 heavy (non-hydrogen) atoms. The van der Waals surface area contributed by atoms with Gasteiger partial charge in [0.1, 0.15) is 17.3 Å². The van der Waals surface area contributed by atoms with Crippen molar-refractivity contribution in [2.75, 3.05) is 13.1 Å². The molecule has 170 valence electrons. The third-order valence-electron chi connectivity index (χ3n) is 6.28. The molecule has 0 bridgehead atoms. The van der Waals surface area contributed by atoms with E-state index in [9.17, 15) is 28.0 Å². The Kier molecular flexibility index (Phi) is 5.15. The van der Waals surface area contributed by atoms with Crippen LogP contribution in [0.4, 0.5) is 8.78 Å². The predicted octanol–water partition coefficient (Wildman–Crippen LogP) is 2.43. The van der Waals surface area contributed by atoms with E-state index in [0.717, 1.165) is 31.0 Å². The zero-order valence-corrected chi connectivity index (χ0v) is 17.5. The van der Waals surface area contributed by atoms with E-state index < -0.39 is 34.6 Å². The highest BCUT2D eigenvalue weighted by Gasteiger charge is 2.31. The molecule has 2 aromatic heterocycles. The molecular formula is C23H20F2N4O4. The average molecular weight is 454 g/mol. The number of ketones is 1. The molecule has 1 N–H and O–H groups in total. The van der Waals surface area contributed by atoms with Gasteiger partial charge in [-0.3, -0.25) is 23.9 Å². The van der Waals surface area contributed by atoms with Crippen LogP contribution in [0.5, 0.6) is 0 Å². The van der Waals surface area contributed by atoms with Crippen LogP contribution in [0.2, 0.25) is 0 Å². The van der Waals surface area contributed by atoms with Crippen LogP contribution in [0.3, 0.4) is 0 Å². The number of Topliss-reactive ketones (excluding diaryl/α,β-unsaturated/α-hetero) is 1. The fourth-order valence-corrected chi connectivity index (χ4v) is 4.36. The molecule has 3 aromatic rings. The lowest BCUT2D eigenvalue weighted by atomic mass is 9.88. The van der Waals surface area contributed by atoms with Crippen LogP contribution in [-0.4, -0.2) is 44.2 Å². The Morgan fingerprint density at radius 2 is 1.76 bits per heavy atom. The molecule has 10 heteroatoms. The lowest BCUT2D eigenvalue weighted by Crippen LogP contribution is -2.40. The van der Waals surface area contributed by atoms with Crippen LogP contribution in [0.1, 0.15) is 52.4 Å². The van der Waals surface area contributed by atoms with Crippen LogP contribution < -0.4 is 11.2 Å². The third-order valence-corrected chi connectivity index (χ3v) is 6.28. The fourth-order valence-electron chi connectivity index (χ4n) is 4.36. The van der Waals surface area contributed by atoms with E-state index in [1.54, 1.807) is 4.90 Å². The molecule has 1 aromatic carbocycles. The normalized spacial score (nSPS) is 16.8. The summed E-state index contributed by atoms with van der Waals surface area (Å²) in [5.74, 6) is -2.79. The number of pyridine rings is 1. The zero-order valence-electron chi connectivity index (χ0n) is 17.5. The Hall–Kier alpha value is -3.69. The van der Waals surface area contributed by atoms with Gasteiger partial charge in [-0.15, -0.1) is 0 Å². The lowest BCUT2D eigenvalue weighted by molar-refractivity contribution is 0.0649. The standard InChI is InChI=1S/C23H20F2N4O4/c24-14-1-4-18(25)16(10-14)19(30)12-5-7-28(8-6-12)22(32)13-9-17-20(26-11-13)29(15-2-3-15)23(33)27-21(17)31/h1,4,9-12,15H,2-3,5-8H2,(H,27,31,33). The number of carbonyl (C=O) groups is 2. The fraction of sp³-hybridized carbons (Fsp3) is 0.348. The molecule has 8 nitrogen and oxygen atoms in total. The molecular weight excluding hydrogens is 434 g/mol. The number of H-pyrrole nitrogens is 1. The van der Waals surface area contributed by atoms with Crippen molar-refractivity contribution in [2.45, 2.75) is 31.7 Å². The second-order valence-electron chi connectivity index (χ2n) is 8.51. The van der Waals surface area contributed by atoms with Crippen molar-refractivity contribution in [1.82, 2.24) is 19.4 Å². The number of likely N-dealkylation sites (tertiary alicyclic amines) is 1. The van der Waals surface area contributed by atoms with Gasteiger partial charge >= 0.3 is 5.69 Å². The number of aromatic nitrogens is 3. The summed E-state index contributed by atoms with van der Waals surface area (Å²) >= 11 is 0. The maximum absolute atomic E-state index is 14.0. The van der Waals surface area contributed by atoms with E-state index in [0.29, 0.717) is 12.8 Å². The van der Waals surface area contributed by atoms with Crippen molar-refractivity contribution in [3.8, 4) is 0 Å². The first-order valence-corrected chi connectivity index (χ1v) is 10.8. The molecule has 1 aliphatic heterocycles. The van der Waals surface area contributed by atoms with E-state index in [1.807, 2.05) is 0 Å². The second kappa shape index (κ2) is 8.02. The first kappa shape index (κ1) is 21.2. The molecule has 2 aliphatic rings. The minimum absolute atomic E-state index is 0.00499. The Labute approximate surface area is 185 Å². The Balaban J connectivity index is 1.34. The number of amides is 1. The van der Waals surface area contributed by atoms with Gasteiger partial charge in [-0.2, -0.15) is 0 Å². The number of carbonyl (C=O) groups excluding carboxylic acids is 2. The molecule has 0 atom stereocenters. The summed E-state index contributed by atoms with van der Waals surface area (Å²) in [5, 5.41) is 0.166. The molecule has 5 rings (SSSR count). The first-order chi connectivity index (χ1) is 15.8. The number of piperidine rings is 1. The van der Waals surface area contributed by atoms with Crippen molar-refractivity contribution in [3.63, 3.8) is 0 Å². The molecule has 2 fully saturated rings. The summed E-state index contributed by atoms with van der Waals surface area (Å²) in [6.45, 7) is 0.504. The van der Waals surface area contributed by atoms with Crippen LogP contribution >= 0.6 is 0 Å². The van der Waals surface area contributed by atoms with Crippen molar-refractivity contribution in [3.05, 3.63) is 74.1 Å². The maximum atomic E-state index is 14.0. The third kappa shape index (κ3) is 3.85. The summed E-state index contributed by atoms with van der Waals surface area (Å²) in [4.78, 5) is 58.2. The number of nitrogens with zero attached hydrogens (tertiary/aromatic N) is 3. The van der Waals surface area contributed by atoms with E-state index in [2.05, 4.69) is 9.97 Å². The summed E-state index contributed by atoms with van der Waals surface area (Å²) in [7, 11) is 0. The average Bonchev–Trinajstić information content (AvgIpc) is 3.65. The van der Waals surface area contributed by atoms with Gasteiger partial charge in [0.15, 0.2) is 5.78 Å². The highest BCUT2D eigenvalue weighted by Crippen LogP contribution is 2.34. The molecule has 0 spiro atoms. The first-order valence-electron chi connectivity index (χ1n) is 10.8. The van der Waals surface area contributed by atoms with Crippen molar-refractivity contribution in [2.24, 2.45) is 5.92 Å². The van der Waals surface area contributed by atoms with Gasteiger partial charge in [-0.05, 0) is 49.9 Å². The number of aromatic amines is 1. The number of halogens is 2. The number of rotatable bonds is 4. The SMILES string of the molecule is O=C(c1cc(F)ccc1F)C1CCN(C(=O)c2cnc3c(c2)c(=O)[nH]c(=O)n3C2CC2)CC1. The largest absolute Gasteiger partial charge is 0.339 e. The molecule has 1 saturated heterocycles. The monoisotopic (exact) mass is 454 g/mol. The number of nitrogens with one attached hydrogen (secondary N) is 1. The highest BCUT2D eigenvalue weighted by molar-refractivity contribution is 5.99. The van der Waals surface area contributed by atoms with Gasteiger partial charge in [0, 0.05) is 31.2 Å². The van der Waals surface area contributed by atoms with Crippen LogP contribution in [-0.2, 0) is 0 Å². The van der Waals surface area contributed by atoms with Crippen LogP contribution in [0.25, 0.3) is 11.0 Å². The maximum Gasteiger partial charge on any atom is 0.330 e. The number of hydrogen-bond donors (Lipinski definition) is 1. The van der Waals surface area contributed by atoms with Gasteiger partial charge in [0.2, 0.25) is 0 Å². The second-order valence-corrected chi connectivity index (χ2v) is 8.51. The summed E-state index contributed by atoms with van der Waals surface area (Å²) in [6, 6.07) is 4.22. The number of benzene rings is 1. The van der Waals surface area contributed by atoms with E-state index >= 15 is 0 Å². The summed E-state index contributed by atoms with van der Waals surface area (Å²) in [5.41, 5.74) is -0.933. The number of fused-ring (bicyclic) bond motifs is 1. The molecule has 3 heterocycles. The van der Waals surface area contributed by atoms with E-state index in [1.165, 1.54) is 16.8 Å². The van der Waals surface area contributed by atoms with Gasteiger partial charge in [-0.1, -0.05) is 0 Å². The summed E-state index contributed by atoms with van der Waals surface area (Å²) in [6.07, 6.45) is 3.63. The quantitative estimate of drug-likeness (QED) is 0.610. The smallest absolute Gasteiger partial charge is 0.330 e. The minimum atomic E-state index is -0.767.